The van der Waals surface area contributed by atoms with Crippen molar-refractivity contribution in [1.29, 1.82) is 0 Å². The fraction of sp³-hybridized carbons (Fsp3) is 0.754. The molecule has 0 rings (SSSR count). The predicted octanol–water partition coefficient (Wildman–Crippen LogP) is 15.5. The monoisotopic (exact) mass is 959 g/mol. The molecule has 0 aromatic carbocycles. The third-order valence-corrected chi connectivity index (χ3v) is 12.7. The number of phosphoric ester groups is 1. The Hall–Kier alpha value is -2.55. The highest BCUT2D eigenvalue weighted by molar-refractivity contribution is 7.45. The van der Waals surface area contributed by atoms with Crippen LogP contribution in [-0.4, -0.2) is 69.4 Å². The van der Waals surface area contributed by atoms with Gasteiger partial charge < -0.3 is 28.5 Å². The van der Waals surface area contributed by atoms with Gasteiger partial charge in [-0.15, -0.1) is 0 Å². The number of carbonyl (C=O) groups is 2. The molecule has 0 heterocycles. The van der Waals surface area contributed by atoms with Crippen molar-refractivity contribution in [2.24, 2.45) is 0 Å². The first-order valence-corrected chi connectivity index (χ1v) is 28.8. The first kappa shape index (κ1) is 64.5. The summed E-state index contributed by atoms with van der Waals surface area (Å²) in [5, 5.41) is 2.99. The van der Waals surface area contributed by atoms with Gasteiger partial charge in [0, 0.05) is 12.8 Å². The summed E-state index contributed by atoms with van der Waals surface area (Å²) in [5.41, 5.74) is 0. The highest BCUT2D eigenvalue weighted by Crippen LogP contribution is 2.38. The molecule has 0 saturated heterocycles. The smallest absolute Gasteiger partial charge is 0.306 e. The fourth-order valence-corrected chi connectivity index (χ4v) is 8.18. The van der Waals surface area contributed by atoms with Gasteiger partial charge in [-0.1, -0.05) is 210 Å². The Bertz CT molecular complexity index is 1380. The molecule has 0 aliphatic heterocycles. The zero-order chi connectivity index (χ0) is 49.4. The molecule has 9 nitrogen and oxygen atoms in total. The van der Waals surface area contributed by atoms with Gasteiger partial charge in [0.25, 0.3) is 7.82 Å². The van der Waals surface area contributed by atoms with Gasteiger partial charge in [-0.2, -0.15) is 0 Å². The number of rotatable bonds is 48. The quantitative estimate of drug-likeness (QED) is 0.0161. The molecule has 0 aliphatic carbocycles. The Morgan fingerprint density at radius 2 is 0.955 bits per heavy atom. The van der Waals surface area contributed by atoms with Gasteiger partial charge >= 0.3 is 5.97 Å². The Kier molecular flexibility index (Phi) is 45.3. The van der Waals surface area contributed by atoms with Crippen molar-refractivity contribution in [3.63, 3.8) is 0 Å². The van der Waals surface area contributed by atoms with Crippen LogP contribution in [0, 0.1) is 0 Å². The lowest BCUT2D eigenvalue weighted by atomic mass is 10.1. The standard InChI is InChI=1S/C57H103N2O7P/c1-7-10-13-16-19-22-25-28-29-30-32-34-37-40-43-46-49-56(60)58-54(53-65-67(62,63)64-52-51-59(4,5)6)55(48-45-42-39-36-33-27-24-21-18-15-12-9-3)66-57(61)50-47-44-41-38-35-31-26-23-20-17-14-11-8-2/h11,14,17,20,23,26,29-30,32,34,45,48,54-55H,7-10,12-13,15-16,18-19,21-22,24-25,27-28,31,33,35-44,46-47,49-53H2,1-6H3,(H-,58,60,62,63)/b14-11+,20-17+,26-23-,30-29+,34-32+,48-45+. The van der Waals surface area contributed by atoms with E-state index < -0.39 is 26.6 Å². The average Bonchev–Trinajstić information content (AvgIpc) is 3.28. The first-order chi connectivity index (χ1) is 32.4. The number of nitrogens with zero attached hydrogens (tertiary/aromatic N) is 1. The number of hydrogen-bond donors (Lipinski definition) is 1. The van der Waals surface area contributed by atoms with Crippen LogP contribution in [0.3, 0.4) is 0 Å². The van der Waals surface area contributed by atoms with E-state index in [1.807, 2.05) is 39.4 Å². The van der Waals surface area contributed by atoms with Crippen molar-refractivity contribution in [3.8, 4) is 0 Å². The molecule has 67 heavy (non-hydrogen) atoms. The second-order valence-corrected chi connectivity index (χ2v) is 20.8. The van der Waals surface area contributed by atoms with Crippen LogP contribution in [0.15, 0.2) is 72.9 Å². The molecule has 388 valence electrons. The fourth-order valence-electron chi connectivity index (χ4n) is 7.45. The second kappa shape index (κ2) is 47.1. The summed E-state index contributed by atoms with van der Waals surface area (Å²) in [5.74, 6) is -0.600. The van der Waals surface area contributed by atoms with E-state index in [1.165, 1.54) is 96.3 Å². The highest BCUT2D eigenvalue weighted by Gasteiger charge is 2.27. The van der Waals surface area contributed by atoms with Crippen LogP contribution in [0.5, 0.6) is 0 Å². The summed E-state index contributed by atoms with van der Waals surface area (Å²) < 4.78 is 30.1. The molecular formula is C57H103N2O7P. The van der Waals surface area contributed by atoms with Crippen molar-refractivity contribution in [3.05, 3.63) is 72.9 Å². The van der Waals surface area contributed by atoms with Gasteiger partial charge in [-0.25, -0.2) is 0 Å². The second-order valence-electron chi connectivity index (χ2n) is 19.4. The van der Waals surface area contributed by atoms with Gasteiger partial charge in [-0.05, 0) is 76.7 Å². The van der Waals surface area contributed by atoms with E-state index >= 15 is 0 Å². The summed E-state index contributed by atoms with van der Waals surface area (Å²) in [6, 6.07) is -0.911. The molecule has 0 aliphatic rings. The average molecular weight is 959 g/mol. The van der Waals surface area contributed by atoms with Crippen molar-refractivity contribution in [1.82, 2.24) is 5.32 Å². The van der Waals surface area contributed by atoms with Crippen molar-refractivity contribution in [2.45, 2.75) is 238 Å². The molecule has 0 radical (unpaired) electrons. The predicted molar refractivity (Wildman–Crippen MR) is 284 cm³/mol. The van der Waals surface area contributed by atoms with Gasteiger partial charge in [0.1, 0.15) is 19.3 Å². The maximum Gasteiger partial charge on any atom is 0.306 e. The molecule has 0 bridgehead atoms. The normalized spacial score (nSPS) is 14.4. The number of phosphoric acid groups is 1. The molecule has 0 saturated carbocycles. The number of amides is 1. The van der Waals surface area contributed by atoms with Crippen LogP contribution in [-0.2, 0) is 27.9 Å². The van der Waals surface area contributed by atoms with Crippen LogP contribution >= 0.6 is 7.82 Å². The van der Waals surface area contributed by atoms with E-state index in [-0.39, 0.29) is 31.3 Å². The Balaban J connectivity index is 5.47. The Morgan fingerprint density at radius 3 is 1.45 bits per heavy atom. The van der Waals surface area contributed by atoms with Gasteiger partial charge in [0.05, 0.1) is 33.8 Å². The summed E-state index contributed by atoms with van der Waals surface area (Å²) in [6.45, 7) is 6.65. The Labute approximate surface area is 413 Å². The summed E-state index contributed by atoms with van der Waals surface area (Å²) in [6.07, 6.45) is 58.7. The number of nitrogens with one attached hydrogen (secondary N) is 1. The van der Waals surface area contributed by atoms with Gasteiger partial charge in [-0.3, -0.25) is 14.2 Å². The van der Waals surface area contributed by atoms with E-state index in [0.717, 1.165) is 83.5 Å². The maximum atomic E-state index is 13.4. The maximum absolute atomic E-state index is 13.4. The SMILES string of the molecule is CC/C=C/C=C/C=C\CCCCCCCC(=O)OC(/C=C/CCCCCCCCCCCC)C(COP(=O)([O-])OCC[N+](C)(C)C)NC(=O)CCCCC/C=C/C=C/CCCCCCCCC. The zero-order valence-electron chi connectivity index (χ0n) is 44.1. The van der Waals surface area contributed by atoms with E-state index in [4.69, 9.17) is 13.8 Å². The number of carbonyl (C=O) groups excluding carboxylic acids is 2. The minimum Gasteiger partial charge on any atom is -0.756 e. The van der Waals surface area contributed by atoms with Crippen LogP contribution < -0.4 is 10.2 Å². The molecule has 0 fully saturated rings. The largest absolute Gasteiger partial charge is 0.756 e. The highest BCUT2D eigenvalue weighted by atomic mass is 31.2. The summed E-state index contributed by atoms with van der Waals surface area (Å²) in [4.78, 5) is 39.7. The number of likely N-dealkylation sites (N-methyl/N-ethyl adjacent to an activating group) is 1. The van der Waals surface area contributed by atoms with Crippen molar-refractivity contribution < 1.29 is 37.3 Å². The van der Waals surface area contributed by atoms with Crippen molar-refractivity contribution >= 4 is 19.7 Å². The van der Waals surface area contributed by atoms with Gasteiger partial charge in [0.2, 0.25) is 5.91 Å². The molecule has 10 heteroatoms. The number of esters is 1. The minimum atomic E-state index is -4.70. The molecule has 3 atom stereocenters. The number of hydrogen-bond acceptors (Lipinski definition) is 7. The van der Waals surface area contributed by atoms with Crippen LogP contribution in [0.25, 0.3) is 0 Å². The molecular weight excluding hydrogens is 856 g/mol. The lowest BCUT2D eigenvalue weighted by Crippen LogP contribution is -2.47. The third kappa shape index (κ3) is 48.3. The van der Waals surface area contributed by atoms with Crippen LogP contribution in [0.4, 0.5) is 0 Å². The summed E-state index contributed by atoms with van der Waals surface area (Å²) >= 11 is 0. The molecule has 0 aromatic rings. The lowest BCUT2D eigenvalue weighted by molar-refractivity contribution is -0.870. The first-order valence-electron chi connectivity index (χ1n) is 27.3. The van der Waals surface area contributed by atoms with Crippen LogP contribution in [0.2, 0.25) is 0 Å². The number of quaternary nitrogens is 1. The Morgan fingerprint density at radius 1 is 0.537 bits per heavy atom. The van der Waals surface area contributed by atoms with E-state index in [1.54, 1.807) is 0 Å². The molecule has 0 aromatic heterocycles. The van der Waals surface area contributed by atoms with Gasteiger partial charge in [0.15, 0.2) is 0 Å². The lowest BCUT2D eigenvalue weighted by Gasteiger charge is -2.30. The van der Waals surface area contributed by atoms with E-state index in [9.17, 15) is 19.0 Å². The molecule has 1 amide bonds. The van der Waals surface area contributed by atoms with E-state index in [2.05, 4.69) is 80.8 Å². The van der Waals surface area contributed by atoms with E-state index in [0.29, 0.717) is 23.9 Å². The topological polar surface area (TPSA) is 114 Å². The van der Waals surface area contributed by atoms with Crippen LogP contribution in [0.1, 0.15) is 226 Å². The number of ether oxygens (including phenoxy) is 1. The molecule has 0 spiro atoms. The zero-order valence-corrected chi connectivity index (χ0v) is 45.0. The summed E-state index contributed by atoms with van der Waals surface area (Å²) in [7, 11) is 1.15. The third-order valence-electron chi connectivity index (χ3n) is 11.7. The molecule has 1 N–H and O–H groups in total. The van der Waals surface area contributed by atoms with Crippen molar-refractivity contribution in [2.75, 3.05) is 40.9 Å². The number of allylic oxidation sites excluding steroid dienone is 11. The molecule has 3 unspecified atom stereocenters. The number of unbranched alkanes of at least 4 members (excludes halogenated alkanes) is 25. The minimum absolute atomic E-state index is 0.0335.